The highest BCUT2D eigenvalue weighted by Crippen LogP contribution is 2.28. The summed E-state index contributed by atoms with van der Waals surface area (Å²) in [6.07, 6.45) is 1.63. The predicted molar refractivity (Wildman–Crippen MR) is 90.6 cm³/mol. The van der Waals surface area contributed by atoms with Crippen molar-refractivity contribution < 1.29 is 9.18 Å². The minimum Gasteiger partial charge on any atom is -0.342 e. The number of aromatic nitrogens is 2. The smallest absolute Gasteiger partial charge is 0.247 e. The Balaban J connectivity index is 1.97. The zero-order valence-corrected chi connectivity index (χ0v) is 13.5. The number of halogens is 1. The van der Waals surface area contributed by atoms with Crippen LogP contribution in [0.3, 0.4) is 0 Å². The standard InChI is InChI=1S/C17H21FN4O/c1-4-16(23)19-13-10-14-15(9-11(13)2)21(3)17(20-14)22-7-5-12(18)6-8-22/h4,9-10,12H,1,5-8H2,2-3H3,(H,19,23). The molecule has 1 aromatic heterocycles. The average molecular weight is 316 g/mol. The molecule has 0 aliphatic carbocycles. The third-order valence-electron chi connectivity index (χ3n) is 4.35. The highest BCUT2D eigenvalue weighted by Gasteiger charge is 2.22. The summed E-state index contributed by atoms with van der Waals surface area (Å²) in [5, 5.41) is 2.80. The van der Waals surface area contributed by atoms with Crippen molar-refractivity contribution in [3.63, 3.8) is 0 Å². The van der Waals surface area contributed by atoms with Crippen LogP contribution in [-0.2, 0) is 11.8 Å². The normalized spacial score (nSPS) is 15.9. The molecule has 1 aromatic carbocycles. The van der Waals surface area contributed by atoms with E-state index in [1.165, 1.54) is 6.08 Å². The minimum absolute atomic E-state index is 0.242. The number of fused-ring (bicyclic) bond motifs is 1. The maximum Gasteiger partial charge on any atom is 0.247 e. The van der Waals surface area contributed by atoms with Crippen LogP contribution >= 0.6 is 0 Å². The number of amides is 1. The number of piperidine rings is 1. The molecule has 1 saturated heterocycles. The number of alkyl halides is 1. The SMILES string of the molecule is C=CC(=O)Nc1cc2nc(N3CCC(F)CC3)n(C)c2cc1C. The number of carbonyl (C=O) groups is 1. The molecule has 122 valence electrons. The molecule has 0 spiro atoms. The minimum atomic E-state index is -0.705. The van der Waals surface area contributed by atoms with Crippen molar-refractivity contribution in [1.29, 1.82) is 0 Å². The molecule has 1 N–H and O–H groups in total. The highest BCUT2D eigenvalue weighted by molar-refractivity contribution is 6.00. The second-order valence-electron chi connectivity index (χ2n) is 5.98. The largest absolute Gasteiger partial charge is 0.342 e. The number of anilines is 2. The van der Waals surface area contributed by atoms with Gasteiger partial charge in [-0.15, -0.1) is 0 Å². The first-order valence-corrected chi connectivity index (χ1v) is 7.79. The van der Waals surface area contributed by atoms with Crippen LogP contribution in [0.1, 0.15) is 18.4 Å². The lowest BCUT2D eigenvalue weighted by Crippen LogP contribution is -2.35. The summed E-state index contributed by atoms with van der Waals surface area (Å²) in [4.78, 5) is 18.3. The average Bonchev–Trinajstić information content (AvgIpc) is 2.85. The quantitative estimate of drug-likeness (QED) is 0.886. The number of hydrogen-bond donors (Lipinski definition) is 1. The summed E-state index contributed by atoms with van der Waals surface area (Å²) >= 11 is 0. The summed E-state index contributed by atoms with van der Waals surface area (Å²) < 4.78 is 15.4. The van der Waals surface area contributed by atoms with Gasteiger partial charge in [0.25, 0.3) is 0 Å². The van der Waals surface area contributed by atoms with Gasteiger partial charge in [0.05, 0.1) is 11.0 Å². The number of imidazole rings is 1. The zero-order valence-electron chi connectivity index (χ0n) is 13.5. The van der Waals surface area contributed by atoms with Crippen LogP contribution in [0.2, 0.25) is 0 Å². The Bertz CT molecular complexity index is 760. The van der Waals surface area contributed by atoms with E-state index in [1.807, 2.05) is 30.7 Å². The summed E-state index contributed by atoms with van der Waals surface area (Å²) in [6, 6.07) is 3.88. The Labute approximate surface area is 134 Å². The van der Waals surface area contributed by atoms with Gasteiger partial charge in [-0.25, -0.2) is 9.37 Å². The molecule has 0 atom stereocenters. The molecule has 1 aliphatic heterocycles. The van der Waals surface area contributed by atoms with E-state index in [9.17, 15) is 9.18 Å². The Morgan fingerprint density at radius 2 is 2.13 bits per heavy atom. The van der Waals surface area contributed by atoms with Crippen LogP contribution in [0, 0.1) is 6.92 Å². The molecule has 0 unspecified atom stereocenters. The fourth-order valence-electron chi connectivity index (χ4n) is 2.98. The van der Waals surface area contributed by atoms with Crippen molar-refractivity contribution in [3.8, 4) is 0 Å². The van der Waals surface area contributed by atoms with Crippen LogP contribution in [0.5, 0.6) is 0 Å². The van der Waals surface area contributed by atoms with Gasteiger partial charge >= 0.3 is 0 Å². The number of nitrogens with zero attached hydrogens (tertiary/aromatic N) is 3. The molecule has 6 heteroatoms. The maximum absolute atomic E-state index is 13.3. The lowest BCUT2D eigenvalue weighted by atomic mass is 10.1. The van der Waals surface area contributed by atoms with Crippen molar-refractivity contribution in [2.75, 3.05) is 23.3 Å². The van der Waals surface area contributed by atoms with Crippen LogP contribution in [0.15, 0.2) is 24.8 Å². The molecule has 1 aliphatic rings. The zero-order chi connectivity index (χ0) is 16.6. The third kappa shape index (κ3) is 2.93. The molecule has 1 amide bonds. The van der Waals surface area contributed by atoms with Gasteiger partial charge < -0.3 is 14.8 Å². The number of nitrogens with one attached hydrogen (secondary N) is 1. The van der Waals surface area contributed by atoms with Gasteiger partial charge in [-0.3, -0.25) is 4.79 Å². The number of rotatable bonds is 3. The summed E-state index contributed by atoms with van der Waals surface area (Å²) in [6.45, 7) is 6.76. The van der Waals surface area contributed by atoms with Crippen LogP contribution in [-0.4, -0.2) is 34.7 Å². The molecule has 2 aromatic rings. The van der Waals surface area contributed by atoms with Crippen molar-refractivity contribution in [1.82, 2.24) is 9.55 Å². The molecule has 5 nitrogen and oxygen atoms in total. The molecular formula is C17H21FN4O. The summed E-state index contributed by atoms with van der Waals surface area (Å²) in [7, 11) is 1.97. The third-order valence-corrected chi connectivity index (χ3v) is 4.35. The van der Waals surface area contributed by atoms with Crippen LogP contribution in [0.4, 0.5) is 16.0 Å². The van der Waals surface area contributed by atoms with Gasteiger partial charge in [0.2, 0.25) is 11.9 Å². The molecule has 23 heavy (non-hydrogen) atoms. The molecule has 3 rings (SSSR count). The van der Waals surface area contributed by atoms with Gasteiger partial charge in [0.1, 0.15) is 6.17 Å². The van der Waals surface area contributed by atoms with E-state index in [4.69, 9.17) is 0 Å². The van der Waals surface area contributed by atoms with Gasteiger partial charge in [-0.05, 0) is 43.5 Å². The van der Waals surface area contributed by atoms with Crippen LogP contribution < -0.4 is 10.2 Å². The van der Waals surface area contributed by atoms with E-state index in [0.717, 1.165) is 28.2 Å². The Morgan fingerprint density at radius 1 is 1.43 bits per heavy atom. The van der Waals surface area contributed by atoms with Gasteiger partial charge in [-0.1, -0.05) is 6.58 Å². The fourth-order valence-corrected chi connectivity index (χ4v) is 2.98. The molecule has 1 fully saturated rings. The Kier molecular flexibility index (Phi) is 4.07. The highest BCUT2D eigenvalue weighted by atomic mass is 19.1. The first-order chi connectivity index (χ1) is 11.0. The lowest BCUT2D eigenvalue weighted by Gasteiger charge is -2.29. The predicted octanol–water partition coefficient (Wildman–Crippen LogP) is 2.94. The van der Waals surface area contributed by atoms with E-state index in [1.54, 1.807) is 0 Å². The first-order valence-electron chi connectivity index (χ1n) is 7.79. The van der Waals surface area contributed by atoms with E-state index >= 15 is 0 Å². The molecule has 0 saturated carbocycles. The van der Waals surface area contributed by atoms with E-state index in [0.29, 0.717) is 25.9 Å². The summed E-state index contributed by atoms with van der Waals surface area (Å²) in [5.41, 5.74) is 3.51. The van der Waals surface area contributed by atoms with Crippen molar-refractivity contribution in [2.24, 2.45) is 7.05 Å². The fraction of sp³-hybridized carbons (Fsp3) is 0.412. The number of hydrogen-bond acceptors (Lipinski definition) is 3. The number of aryl methyl sites for hydroxylation is 2. The Hall–Kier alpha value is -2.37. The van der Waals surface area contributed by atoms with Crippen LogP contribution in [0.25, 0.3) is 11.0 Å². The number of benzene rings is 1. The molecular weight excluding hydrogens is 295 g/mol. The Morgan fingerprint density at radius 3 is 2.78 bits per heavy atom. The van der Waals surface area contributed by atoms with E-state index in [2.05, 4.69) is 21.8 Å². The van der Waals surface area contributed by atoms with Gasteiger partial charge in [0, 0.05) is 25.8 Å². The topological polar surface area (TPSA) is 50.2 Å². The van der Waals surface area contributed by atoms with Gasteiger partial charge in [0.15, 0.2) is 0 Å². The maximum atomic E-state index is 13.3. The monoisotopic (exact) mass is 316 g/mol. The van der Waals surface area contributed by atoms with Crippen molar-refractivity contribution >= 4 is 28.6 Å². The first kappa shape index (κ1) is 15.5. The second-order valence-corrected chi connectivity index (χ2v) is 5.98. The van der Waals surface area contributed by atoms with Gasteiger partial charge in [-0.2, -0.15) is 0 Å². The van der Waals surface area contributed by atoms with E-state index < -0.39 is 6.17 Å². The summed E-state index contributed by atoms with van der Waals surface area (Å²) in [5.74, 6) is 0.604. The van der Waals surface area contributed by atoms with Crippen molar-refractivity contribution in [3.05, 3.63) is 30.4 Å². The molecule has 0 bridgehead atoms. The number of carbonyl (C=O) groups excluding carboxylic acids is 1. The van der Waals surface area contributed by atoms with E-state index in [-0.39, 0.29) is 5.91 Å². The van der Waals surface area contributed by atoms with Crippen molar-refractivity contribution in [2.45, 2.75) is 25.9 Å². The lowest BCUT2D eigenvalue weighted by molar-refractivity contribution is -0.111. The second kappa shape index (κ2) is 6.02. The molecule has 0 radical (unpaired) electrons. The molecule has 2 heterocycles.